The third-order valence-electron chi connectivity index (χ3n) is 6.51. The molecule has 1 heterocycles. The molecule has 1 aliphatic rings. The third kappa shape index (κ3) is 5.29. The van der Waals surface area contributed by atoms with Crippen molar-refractivity contribution in [1.29, 1.82) is 0 Å². The molecular formula is C30H29Cl2NO6. The largest absolute Gasteiger partial charge is 0.507 e. The first kappa shape index (κ1) is 28.3. The van der Waals surface area contributed by atoms with Gasteiger partial charge in [0.2, 0.25) is 0 Å². The highest BCUT2D eigenvalue weighted by Crippen LogP contribution is 2.48. The number of aryl methyl sites for hydroxylation is 1. The van der Waals surface area contributed by atoms with Gasteiger partial charge in [-0.25, -0.2) is 0 Å². The molecular weight excluding hydrogens is 541 g/mol. The second-order valence-electron chi connectivity index (χ2n) is 8.90. The topological polar surface area (TPSA) is 85.3 Å². The van der Waals surface area contributed by atoms with Crippen LogP contribution in [-0.4, -0.2) is 37.6 Å². The molecule has 204 valence electrons. The van der Waals surface area contributed by atoms with Crippen LogP contribution in [0.5, 0.6) is 17.2 Å². The van der Waals surface area contributed by atoms with Gasteiger partial charge < -0.3 is 19.3 Å². The van der Waals surface area contributed by atoms with Gasteiger partial charge in [-0.05, 0) is 42.2 Å². The number of ketones is 1. The number of rotatable bonds is 9. The van der Waals surface area contributed by atoms with E-state index in [1.165, 1.54) is 25.2 Å². The highest BCUT2D eigenvalue weighted by atomic mass is 35.5. The second-order valence-corrected chi connectivity index (χ2v) is 9.68. The Kier molecular flexibility index (Phi) is 8.73. The van der Waals surface area contributed by atoms with Crippen LogP contribution in [-0.2, 0) is 16.0 Å². The van der Waals surface area contributed by atoms with E-state index >= 15 is 0 Å². The lowest BCUT2D eigenvalue weighted by molar-refractivity contribution is -0.132. The minimum atomic E-state index is -0.943. The number of aliphatic hydroxyl groups is 1. The molecule has 1 fully saturated rings. The molecule has 0 bridgehead atoms. The number of benzene rings is 3. The molecule has 1 N–H and O–H groups in total. The maximum absolute atomic E-state index is 13.6. The average molecular weight is 570 g/mol. The maximum atomic E-state index is 13.6. The van der Waals surface area contributed by atoms with Crippen molar-refractivity contribution in [3.8, 4) is 17.2 Å². The maximum Gasteiger partial charge on any atom is 0.300 e. The zero-order valence-electron chi connectivity index (χ0n) is 22.1. The van der Waals surface area contributed by atoms with Crippen molar-refractivity contribution in [2.75, 3.05) is 25.7 Å². The summed E-state index contributed by atoms with van der Waals surface area (Å²) in [5, 5.41) is 11.7. The Bertz CT molecular complexity index is 1430. The monoisotopic (exact) mass is 569 g/mol. The van der Waals surface area contributed by atoms with Gasteiger partial charge in [0.1, 0.15) is 16.5 Å². The van der Waals surface area contributed by atoms with E-state index in [-0.39, 0.29) is 32.7 Å². The van der Waals surface area contributed by atoms with E-state index in [2.05, 4.69) is 0 Å². The number of anilines is 1. The van der Waals surface area contributed by atoms with Gasteiger partial charge in [-0.2, -0.15) is 0 Å². The Hall–Kier alpha value is -3.68. The van der Waals surface area contributed by atoms with Crippen molar-refractivity contribution in [3.05, 3.63) is 86.9 Å². The molecule has 0 aliphatic carbocycles. The molecule has 3 aromatic carbocycles. The molecule has 9 heteroatoms. The van der Waals surface area contributed by atoms with Crippen molar-refractivity contribution in [2.45, 2.75) is 32.7 Å². The number of aliphatic hydroxyl groups excluding tert-OH is 1. The number of ether oxygens (including phenoxy) is 3. The fraction of sp³-hybridized carbons (Fsp3) is 0.267. The van der Waals surface area contributed by atoms with Gasteiger partial charge >= 0.3 is 0 Å². The molecule has 0 spiro atoms. The van der Waals surface area contributed by atoms with E-state index in [9.17, 15) is 14.7 Å². The number of methoxy groups -OCH3 is 2. The van der Waals surface area contributed by atoms with Crippen molar-refractivity contribution < 1.29 is 28.9 Å². The average Bonchev–Trinajstić information content (AvgIpc) is 3.21. The van der Waals surface area contributed by atoms with Crippen LogP contribution in [0.4, 0.5) is 5.69 Å². The first-order valence-corrected chi connectivity index (χ1v) is 13.3. The smallest absolute Gasteiger partial charge is 0.300 e. The van der Waals surface area contributed by atoms with Crippen molar-refractivity contribution in [1.82, 2.24) is 0 Å². The van der Waals surface area contributed by atoms with E-state index in [0.29, 0.717) is 23.6 Å². The number of Topliss-reactive ketones (excluding diaryl/α,β-unsaturated/α-hetero) is 1. The quantitative estimate of drug-likeness (QED) is 0.170. The molecule has 1 saturated heterocycles. The van der Waals surface area contributed by atoms with E-state index in [0.717, 1.165) is 18.4 Å². The molecule has 0 saturated carbocycles. The number of nitrogens with zero attached hydrogens (tertiary/aromatic N) is 1. The number of carbonyl (C=O) groups excluding carboxylic acids is 2. The predicted octanol–water partition coefficient (Wildman–Crippen LogP) is 6.99. The van der Waals surface area contributed by atoms with E-state index in [4.69, 9.17) is 37.4 Å². The van der Waals surface area contributed by atoms with Crippen molar-refractivity contribution >= 4 is 46.3 Å². The van der Waals surface area contributed by atoms with Crippen molar-refractivity contribution in [2.24, 2.45) is 0 Å². The molecule has 7 nitrogen and oxygen atoms in total. The lowest BCUT2D eigenvalue weighted by Crippen LogP contribution is -2.29. The van der Waals surface area contributed by atoms with Crippen LogP contribution < -0.4 is 19.1 Å². The van der Waals surface area contributed by atoms with E-state index in [1.807, 2.05) is 38.1 Å². The predicted molar refractivity (Wildman–Crippen MR) is 152 cm³/mol. The van der Waals surface area contributed by atoms with Crippen LogP contribution in [0.25, 0.3) is 5.76 Å². The molecule has 39 heavy (non-hydrogen) atoms. The Balaban J connectivity index is 1.97. The Labute approximate surface area is 237 Å². The van der Waals surface area contributed by atoms with Gasteiger partial charge in [-0.1, -0.05) is 67.4 Å². The summed E-state index contributed by atoms with van der Waals surface area (Å²) in [6, 6.07) is 15.0. The van der Waals surface area contributed by atoms with Crippen LogP contribution in [0.1, 0.15) is 43.0 Å². The summed E-state index contributed by atoms with van der Waals surface area (Å²) in [7, 11) is 2.77. The zero-order valence-corrected chi connectivity index (χ0v) is 23.6. The Morgan fingerprint density at radius 3 is 2.28 bits per heavy atom. The molecule has 1 unspecified atom stereocenters. The normalized spacial score (nSPS) is 16.5. The van der Waals surface area contributed by atoms with Crippen LogP contribution in [0.3, 0.4) is 0 Å². The molecule has 1 atom stereocenters. The van der Waals surface area contributed by atoms with Crippen LogP contribution in [0.15, 0.2) is 60.2 Å². The summed E-state index contributed by atoms with van der Waals surface area (Å²) in [5.74, 6) is -1.35. The van der Waals surface area contributed by atoms with Gasteiger partial charge in [0.05, 0.1) is 43.0 Å². The van der Waals surface area contributed by atoms with Crippen LogP contribution in [0, 0.1) is 0 Å². The van der Waals surface area contributed by atoms with Gasteiger partial charge in [-0.15, -0.1) is 0 Å². The summed E-state index contributed by atoms with van der Waals surface area (Å²) in [6.07, 6.45) is 1.63. The summed E-state index contributed by atoms with van der Waals surface area (Å²) in [5.41, 5.74) is 2.10. The fourth-order valence-electron chi connectivity index (χ4n) is 4.58. The molecule has 0 aromatic heterocycles. The SMILES string of the molecule is CCCOc1cccc(N2C(=O)C(=O)/C(=C(/O)c3cc(Cl)c(OC)c(Cl)c3OC)C2c2ccc(CC)cc2)c1. The molecule has 4 rings (SSSR count). The minimum Gasteiger partial charge on any atom is -0.507 e. The van der Waals surface area contributed by atoms with Gasteiger partial charge in [0, 0.05) is 11.8 Å². The van der Waals surface area contributed by atoms with Crippen LogP contribution >= 0.6 is 23.2 Å². The third-order valence-corrected chi connectivity index (χ3v) is 7.14. The van der Waals surface area contributed by atoms with Crippen molar-refractivity contribution in [3.63, 3.8) is 0 Å². The number of halogens is 2. The number of carbonyl (C=O) groups is 2. The van der Waals surface area contributed by atoms with E-state index in [1.54, 1.807) is 24.3 Å². The summed E-state index contributed by atoms with van der Waals surface area (Å²) in [4.78, 5) is 28.5. The Morgan fingerprint density at radius 2 is 1.67 bits per heavy atom. The number of hydrogen-bond acceptors (Lipinski definition) is 6. The fourth-order valence-corrected chi connectivity index (χ4v) is 5.27. The number of hydrogen-bond donors (Lipinski definition) is 1. The van der Waals surface area contributed by atoms with Gasteiger partial charge in [0.25, 0.3) is 11.7 Å². The first-order chi connectivity index (χ1) is 18.8. The highest BCUT2D eigenvalue weighted by Gasteiger charge is 2.47. The Morgan fingerprint density at radius 1 is 0.974 bits per heavy atom. The first-order valence-electron chi connectivity index (χ1n) is 12.5. The van der Waals surface area contributed by atoms with E-state index < -0.39 is 23.5 Å². The second kappa shape index (κ2) is 12.0. The standard InChI is InChI=1S/C30H29Cl2NO6/c1-5-14-39-20-9-7-8-19(15-20)33-25(18-12-10-17(6-2)11-13-18)23(27(35)30(33)36)26(34)21-16-22(31)29(38-4)24(32)28(21)37-3/h7-13,15-16,25,34H,5-6,14H2,1-4H3/b26-23+. The molecule has 1 amide bonds. The highest BCUT2D eigenvalue weighted by molar-refractivity contribution is 6.52. The van der Waals surface area contributed by atoms with Crippen LogP contribution in [0.2, 0.25) is 10.0 Å². The molecule has 3 aromatic rings. The number of amides is 1. The molecule has 1 aliphatic heterocycles. The lowest BCUT2D eigenvalue weighted by Gasteiger charge is -2.26. The summed E-state index contributed by atoms with van der Waals surface area (Å²) < 4.78 is 16.5. The van der Waals surface area contributed by atoms with Gasteiger partial charge in [0.15, 0.2) is 11.5 Å². The molecule has 0 radical (unpaired) electrons. The summed E-state index contributed by atoms with van der Waals surface area (Å²) >= 11 is 12.8. The lowest BCUT2D eigenvalue weighted by atomic mass is 9.94. The zero-order chi connectivity index (χ0) is 28.3. The van der Waals surface area contributed by atoms with Gasteiger partial charge in [-0.3, -0.25) is 14.5 Å². The minimum absolute atomic E-state index is 0.0212. The summed E-state index contributed by atoms with van der Waals surface area (Å²) in [6.45, 7) is 4.53.